The van der Waals surface area contributed by atoms with Gasteiger partial charge in [0, 0.05) is 42.5 Å². The lowest BCUT2D eigenvalue weighted by atomic mass is 10.0. The Morgan fingerprint density at radius 2 is 2.29 bits per heavy atom. The van der Waals surface area contributed by atoms with Gasteiger partial charge in [0.2, 0.25) is 0 Å². The second kappa shape index (κ2) is 5.65. The van der Waals surface area contributed by atoms with Gasteiger partial charge in [-0.1, -0.05) is 0 Å². The van der Waals surface area contributed by atoms with Gasteiger partial charge in [0.1, 0.15) is 5.52 Å². The number of rotatable bonds is 3. The van der Waals surface area contributed by atoms with Crippen LogP contribution in [-0.2, 0) is 0 Å². The molecule has 0 aliphatic carbocycles. The Morgan fingerprint density at radius 1 is 1.43 bits per heavy atom. The monoisotopic (exact) mass is 286 g/mol. The Hall–Kier alpha value is -2.21. The van der Waals surface area contributed by atoms with Gasteiger partial charge < -0.3 is 10.2 Å². The number of non-ortho nitro benzene ring substituents is 1. The topological polar surface area (TPSA) is 71.3 Å². The van der Waals surface area contributed by atoms with Crippen molar-refractivity contribution in [2.45, 2.75) is 18.9 Å². The van der Waals surface area contributed by atoms with Gasteiger partial charge in [-0.25, -0.2) is 4.98 Å². The van der Waals surface area contributed by atoms with E-state index in [4.69, 9.17) is 0 Å². The second-order valence-electron chi connectivity index (χ2n) is 5.33. The molecule has 0 saturated carbocycles. The number of fused-ring (bicyclic) bond motifs is 1. The maximum absolute atomic E-state index is 11.1. The highest BCUT2D eigenvalue weighted by molar-refractivity contribution is 5.97. The van der Waals surface area contributed by atoms with Crippen LogP contribution in [0.25, 0.3) is 10.9 Å². The van der Waals surface area contributed by atoms with Gasteiger partial charge in [-0.05, 0) is 38.1 Å². The fourth-order valence-corrected chi connectivity index (χ4v) is 3.00. The Kier molecular flexibility index (Phi) is 3.70. The van der Waals surface area contributed by atoms with Crippen LogP contribution in [0.2, 0.25) is 0 Å². The number of benzene rings is 1. The molecule has 1 saturated heterocycles. The molecule has 1 unspecified atom stereocenters. The highest BCUT2D eigenvalue weighted by Gasteiger charge is 2.22. The van der Waals surface area contributed by atoms with E-state index in [0.29, 0.717) is 11.6 Å². The van der Waals surface area contributed by atoms with E-state index >= 15 is 0 Å². The first-order valence-electron chi connectivity index (χ1n) is 7.15. The lowest BCUT2D eigenvalue weighted by Crippen LogP contribution is -2.44. The first kappa shape index (κ1) is 13.8. The molecule has 0 radical (unpaired) electrons. The van der Waals surface area contributed by atoms with E-state index < -0.39 is 0 Å². The van der Waals surface area contributed by atoms with E-state index in [1.807, 2.05) is 25.2 Å². The van der Waals surface area contributed by atoms with Crippen LogP contribution >= 0.6 is 0 Å². The third kappa shape index (κ3) is 2.54. The average Bonchev–Trinajstić information content (AvgIpc) is 2.53. The van der Waals surface area contributed by atoms with Crippen molar-refractivity contribution in [1.29, 1.82) is 0 Å². The molecule has 21 heavy (non-hydrogen) atoms. The molecule has 1 fully saturated rings. The van der Waals surface area contributed by atoms with Crippen LogP contribution in [0.5, 0.6) is 0 Å². The smallest absolute Gasteiger partial charge is 0.295 e. The van der Waals surface area contributed by atoms with Gasteiger partial charge in [0.25, 0.3) is 5.69 Å². The zero-order valence-electron chi connectivity index (χ0n) is 12.0. The summed E-state index contributed by atoms with van der Waals surface area (Å²) in [5, 5.41) is 15.3. The number of nitrogens with zero attached hydrogens (tertiary/aromatic N) is 3. The highest BCUT2D eigenvalue weighted by Crippen LogP contribution is 2.33. The van der Waals surface area contributed by atoms with Crippen LogP contribution in [-0.4, -0.2) is 36.1 Å². The number of anilines is 1. The molecule has 1 aromatic carbocycles. The third-order valence-corrected chi connectivity index (χ3v) is 4.09. The van der Waals surface area contributed by atoms with Crippen molar-refractivity contribution in [3.05, 3.63) is 40.6 Å². The van der Waals surface area contributed by atoms with E-state index in [1.165, 1.54) is 0 Å². The summed E-state index contributed by atoms with van der Waals surface area (Å²) in [5.41, 5.74) is 1.56. The van der Waals surface area contributed by atoms with E-state index in [-0.39, 0.29) is 10.6 Å². The minimum absolute atomic E-state index is 0.0662. The van der Waals surface area contributed by atoms with Crippen LogP contribution in [0.3, 0.4) is 0 Å². The van der Waals surface area contributed by atoms with Crippen LogP contribution in [0.15, 0.2) is 30.5 Å². The SMILES string of the molecule is CNC1CCCN(c2ccc([N+](=O)[O-])c3ncccc23)C1. The summed E-state index contributed by atoms with van der Waals surface area (Å²) >= 11 is 0. The maximum Gasteiger partial charge on any atom is 0.295 e. The number of hydrogen-bond acceptors (Lipinski definition) is 5. The number of pyridine rings is 1. The summed E-state index contributed by atoms with van der Waals surface area (Å²) < 4.78 is 0. The first-order valence-corrected chi connectivity index (χ1v) is 7.15. The van der Waals surface area contributed by atoms with Crippen molar-refractivity contribution < 1.29 is 4.92 Å². The number of hydrogen-bond donors (Lipinski definition) is 1. The number of nitro groups is 1. The molecular formula is C15H18N4O2. The molecule has 1 aliphatic rings. The van der Waals surface area contributed by atoms with Crippen molar-refractivity contribution in [3.8, 4) is 0 Å². The van der Waals surface area contributed by atoms with Crippen LogP contribution in [0.1, 0.15) is 12.8 Å². The summed E-state index contributed by atoms with van der Waals surface area (Å²) in [4.78, 5) is 17.3. The van der Waals surface area contributed by atoms with Crippen molar-refractivity contribution in [2.75, 3.05) is 25.0 Å². The quantitative estimate of drug-likeness (QED) is 0.692. The molecule has 0 amide bonds. The normalized spacial score (nSPS) is 18.9. The Morgan fingerprint density at radius 3 is 3.05 bits per heavy atom. The number of piperidine rings is 1. The molecule has 0 bridgehead atoms. The van der Waals surface area contributed by atoms with Gasteiger partial charge in [-0.3, -0.25) is 10.1 Å². The molecule has 6 nitrogen and oxygen atoms in total. The molecular weight excluding hydrogens is 268 g/mol. The standard InChI is InChI=1S/C15H18N4O2/c1-16-11-4-3-9-18(10-11)13-6-7-14(19(20)21)15-12(13)5-2-8-17-15/h2,5-8,11,16H,3-4,9-10H2,1H3. The third-order valence-electron chi connectivity index (χ3n) is 4.09. The fraction of sp³-hybridized carbons (Fsp3) is 0.400. The van der Waals surface area contributed by atoms with Crippen LogP contribution < -0.4 is 10.2 Å². The summed E-state index contributed by atoms with van der Waals surface area (Å²) in [6.45, 7) is 1.89. The number of nitrogens with one attached hydrogen (secondary N) is 1. The molecule has 1 atom stereocenters. The molecule has 3 rings (SSSR count). The number of nitro benzene ring substituents is 1. The van der Waals surface area contributed by atoms with Crippen molar-refractivity contribution in [1.82, 2.24) is 10.3 Å². The van der Waals surface area contributed by atoms with Crippen molar-refractivity contribution in [3.63, 3.8) is 0 Å². The second-order valence-corrected chi connectivity index (χ2v) is 5.33. The Balaban J connectivity index is 2.07. The zero-order valence-corrected chi connectivity index (χ0v) is 12.0. The van der Waals surface area contributed by atoms with Gasteiger partial charge >= 0.3 is 0 Å². The number of likely N-dealkylation sites (N-methyl/N-ethyl adjacent to an activating group) is 1. The molecule has 1 N–H and O–H groups in total. The lowest BCUT2D eigenvalue weighted by Gasteiger charge is -2.34. The van der Waals surface area contributed by atoms with Gasteiger partial charge in [0.15, 0.2) is 0 Å². The van der Waals surface area contributed by atoms with Gasteiger partial charge in [0.05, 0.1) is 4.92 Å². The minimum atomic E-state index is -0.369. The highest BCUT2D eigenvalue weighted by atomic mass is 16.6. The summed E-state index contributed by atoms with van der Waals surface area (Å²) in [6, 6.07) is 7.61. The molecule has 1 aromatic heterocycles. The fourth-order valence-electron chi connectivity index (χ4n) is 3.00. The van der Waals surface area contributed by atoms with Crippen LogP contribution in [0, 0.1) is 10.1 Å². The summed E-state index contributed by atoms with van der Waals surface area (Å²) in [5.74, 6) is 0. The first-order chi connectivity index (χ1) is 10.2. The van der Waals surface area contributed by atoms with Crippen LogP contribution in [0.4, 0.5) is 11.4 Å². The maximum atomic E-state index is 11.1. The molecule has 1 aliphatic heterocycles. The minimum Gasteiger partial charge on any atom is -0.369 e. The predicted octanol–water partition coefficient (Wildman–Crippen LogP) is 2.33. The summed E-state index contributed by atoms with van der Waals surface area (Å²) in [6.07, 6.45) is 3.88. The van der Waals surface area contributed by atoms with Gasteiger partial charge in [-0.15, -0.1) is 0 Å². The van der Waals surface area contributed by atoms with Gasteiger partial charge in [-0.2, -0.15) is 0 Å². The molecule has 2 heterocycles. The predicted molar refractivity (Wildman–Crippen MR) is 82.7 cm³/mol. The average molecular weight is 286 g/mol. The Bertz CT molecular complexity index is 674. The molecule has 0 spiro atoms. The zero-order chi connectivity index (χ0) is 14.8. The molecule has 6 heteroatoms. The van der Waals surface area contributed by atoms with E-state index in [9.17, 15) is 10.1 Å². The van der Waals surface area contributed by atoms with Crippen molar-refractivity contribution in [2.24, 2.45) is 0 Å². The molecule has 2 aromatic rings. The largest absolute Gasteiger partial charge is 0.369 e. The van der Waals surface area contributed by atoms with Crippen molar-refractivity contribution >= 4 is 22.3 Å². The van der Waals surface area contributed by atoms with E-state index in [1.54, 1.807) is 12.3 Å². The molecule has 110 valence electrons. The number of aromatic nitrogens is 1. The lowest BCUT2D eigenvalue weighted by molar-refractivity contribution is -0.383. The van der Waals surface area contributed by atoms with E-state index in [2.05, 4.69) is 15.2 Å². The summed E-state index contributed by atoms with van der Waals surface area (Å²) in [7, 11) is 1.98. The van der Waals surface area contributed by atoms with E-state index in [0.717, 1.165) is 37.0 Å². The Labute approximate surface area is 122 Å².